The van der Waals surface area contributed by atoms with Crippen LogP contribution in [0.3, 0.4) is 0 Å². The number of rotatable bonds is 8. The Bertz CT molecular complexity index is 1280. The number of nitrogens with zero attached hydrogens (tertiary/aromatic N) is 1. The highest BCUT2D eigenvalue weighted by Crippen LogP contribution is 2.37. The number of carbonyl (C=O) groups excluding carboxylic acids is 2. The van der Waals surface area contributed by atoms with Crippen LogP contribution >= 0.6 is 35.1 Å². The molecule has 1 aliphatic carbocycles. The van der Waals surface area contributed by atoms with E-state index in [9.17, 15) is 9.59 Å². The summed E-state index contributed by atoms with van der Waals surface area (Å²) < 4.78 is 7.49. The van der Waals surface area contributed by atoms with Gasteiger partial charge >= 0.3 is 5.97 Å². The molecule has 1 N–H and O–H groups in total. The second kappa shape index (κ2) is 12.6. The first-order valence-electron chi connectivity index (χ1n) is 13.0. The summed E-state index contributed by atoms with van der Waals surface area (Å²) in [5.74, 6) is 0.103. The normalized spacial score (nSPS) is 14.3. The van der Waals surface area contributed by atoms with E-state index < -0.39 is 5.60 Å². The second-order valence-corrected chi connectivity index (χ2v) is 12.7. The number of halogens is 2. The Labute approximate surface area is 239 Å². The molecule has 1 fully saturated rings. The molecule has 0 heterocycles. The van der Waals surface area contributed by atoms with Crippen molar-refractivity contribution < 1.29 is 14.3 Å². The Hall–Kier alpha value is -2.41. The van der Waals surface area contributed by atoms with E-state index in [-0.39, 0.29) is 18.4 Å². The molecule has 3 aromatic carbocycles. The van der Waals surface area contributed by atoms with Crippen LogP contribution in [0.5, 0.6) is 0 Å². The third-order valence-corrected chi connectivity index (χ3v) is 7.86. The van der Waals surface area contributed by atoms with Gasteiger partial charge in [0.1, 0.15) is 12.1 Å². The zero-order chi connectivity index (χ0) is 27.3. The van der Waals surface area contributed by atoms with Crippen molar-refractivity contribution in [2.45, 2.75) is 63.4 Å². The molecule has 1 amide bonds. The largest absolute Gasteiger partial charge is 0.459 e. The van der Waals surface area contributed by atoms with Crippen LogP contribution in [-0.2, 0) is 9.53 Å². The summed E-state index contributed by atoms with van der Waals surface area (Å²) in [6.07, 6.45) is 6.10. The molecule has 5 nitrogen and oxygen atoms in total. The lowest BCUT2D eigenvalue weighted by Crippen LogP contribution is -2.32. The fourth-order valence-corrected chi connectivity index (χ4v) is 6.50. The quantitative estimate of drug-likeness (QED) is 0.217. The monoisotopic (exact) mass is 572 g/mol. The minimum atomic E-state index is -0.616. The molecule has 0 saturated heterocycles. The Morgan fingerprint density at radius 3 is 2.32 bits per heavy atom. The number of anilines is 1. The van der Waals surface area contributed by atoms with E-state index in [1.54, 1.807) is 18.2 Å². The van der Waals surface area contributed by atoms with E-state index in [1.807, 2.05) is 61.5 Å². The van der Waals surface area contributed by atoms with Gasteiger partial charge in [0, 0.05) is 32.4 Å². The molecule has 0 bridgehead atoms. The lowest BCUT2D eigenvalue weighted by molar-refractivity contribution is -0.152. The van der Waals surface area contributed by atoms with Gasteiger partial charge in [0.05, 0.1) is 5.69 Å². The molecule has 4 rings (SSSR count). The van der Waals surface area contributed by atoms with Crippen molar-refractivity contribution in [3.63, 3.8) is 0 Å². The molecule has 202 valence electrons. The summed E-state index contributed by atoms with van der Waals surface area (Å²) in [6.45, 7) is 6.22. The molecule has 3 aromatic rings. The first kappa shape index (κ1) is 28.6. The standard InChI is InChI=1S/C30H34Cl2N2O3S/c1-30(2,3)37-28(35)19-34(38-23-16-21(31)15-22(32)17-23)27-14-8-11-24-25(27)12-7-13-26(24)29(36)33-18-20-9-5-4-6-10-20/h7-8,11-17,20H,4-6,9-10,18-19H2,1-3H3,(H,33,36). The molecule has 1 aliphatic rings. The molecular weight excluding hydrogens is 539 g/mol. The number of nitrogens with one attached hydrogen (secondary N) is 1. The second-order valence-electron chi connectivity index (χ2n) is 10.7. The van der Waals surface area contributed by atoms with E-state index in [0.29, 0.717) is 28.1 Å². The van der Waals surface area contributed by atoms with Gasteiger partial charge in [0.2, 0.25) is 0 Å². The third-order valence-electron chi connectivity index (χ3n) is 6.43. The molecule has 8 heteroatoms. The number of fused-ring (bicyclic) bond motifs is 1. The molecule has 38 heavy (non-hydrogen) atoms. The van der Waals surface area contributed by atoms with Crippen molar-refractivity contribution in [1.29, 1.82) is 0 Å². The maximum Gasteiger partial charge on any atom is 0.327 e. The van der Waals surface area contributed by atoms with Crippen LogP contribution in [0.1, 0.15) is 63.2 Å². The number of amides is 1. The number of benzene rings is 3. The molecule has 1 saturated carbocycles. The van der Waals surface area contributed by atoms with Crippen LogP contribution in [0, 0.1) is 5.92 Å². The highest BCUT2D eigenvalue weighted by molar-refractivity contribution is 8.00. The summed E-state index contributed by atoms with van der Waals surface area (Å²) in [7, 11) is 0. The van der Waals surface area contributed by atoms with Crippen LogP contribution in [0.4, 0.5) is 5.69 Å². The number of ether oxygens (including phenoxy) is 1. The molecule has 0 spiro atoms. The maximum absolute atomic E-state index is 13.2. The van der Waals surface area contributed by atoms with E-state index >= 15 is 0 Å². The zero-order valence-electron chi connectivity index (χ0n) is 22.1. The average Bonchev–Trinajstić information content (AvgIpc) is 2.85. The molecule has 0 atom stereocenters. The first-order valence-corrected chi connectivity index (χ1v) is 14.6. The van der Waals surface area contributed by atoms with Gasteiger partial charge in [-0.25, -0.2) is 0 Å². The lowest BCUT2D eigenvalue weighted by Gasteiger charge is -2.27. The van der Waals surface area contributed by atoms with E-state index in [2.05, 4.69) is 5.32 Å². The SMILES string of the molecule is CC(C)(C)OC(=O)CN(Sc1cc(Cl)cc(Cl)c1)c1cccc2c(C(=O)NCC3CCCCC3)cccc12. The summed E-state index contributed by atoms with van der Waals surface area (Å²) in [5.41, 5.74) is 0.791. The van der Waals surface area contributed by atoms with Crippen molar-refractivity contribution in [3.8, 4) is 0 Å². The fraction of sp³-hybridized carbons (Fsp3) is 0.400. The minimum absolute atomic E-state index is 0.0106. The number of hydrogen-bond acceptors (Lipinski definition) is 5. The van der Waals surface area contributed by atoms with Crippen molar-refractivity contribution in [2.24, 2.45) is 5.92 Å². The Morgan fingerprint density at radius 2 is 1.63 bits per heavy atom. The number of carbonyl (C=O) groups is 2. The smallest absolute Gasteiger partial charge is 0.327 e. The van der Waals surface area contributed by atoms with E-state index in [4.69, 9.17) is 27.9 Å². The first-order chi connectivity index (χ1) is 18.1. The highest BCUT2D eigenvalue weighted by atomic mass is 35.5. The van der Waals surface area contributed by atoms with Crippen molar-refractivity contribution in [1.82, 2.24) is 5.32 Å². The third kappa shape index (κ3) is 7.81. The number of esters is 1. The summed E-state index contributed by atoms with van der Waals surface area (Å²) in [6, 6.07) is 16.8. The topological polar surface area (TPSA) is 58.6 Å². The van der Waals surface area contributed by atoms with Gasteiger partial charge in [-0.1, -0.05) is 66.7 Å². The van der Waals surface area contributed by atoms with Crippen molar-refractivity contribution >= 4 is 63.5 Å². The molecular formula is C30H34Cl2N2O3S. The lowest BCUT2D eigenvalue weighted by atomic mass is 9.89. The van der Waals surface area contributed by atoms with Gasteiger partial charge in [-0.05, 0) is 87.2 Å². The molecule has 0 radical (unpaired) electrons. The van der Waals surface area contributed by atoms with Gasteiger partial charge in [0.25, 0.3) is 5.91 Å². The fourth-order valence-electron chi connectivity index (χ4n) is 4.80. The zero-order valence-corrected chi connectivity index (χ0v) is 24.4. The minimum Gasteiger partial charge on any atom is -0.459 e. The van der Waals surface area contributed by atoms with Crippen LogP contribution in [0.2, 0.25) is 10.0 Å². The van der Waals surface area contributed by atoms with Gasteiger partial charge in [-0.2, -0.15) is 0 Å². The maximum atomic E-state index is 13.2. The Morgan fingerprint density at radius 1 is 0.974 bits per heavy atom. The van der Waals surface area contributed by atoms with Crippen LogP contribution in [0.15, 0.2) is 59.5 Å². The summed E-state index contributed by atoms with van der Waals surface area (Å²) >= 11 is 13.9. The van der Waals surface area contributed by atoms with Gasteiger partial charge in [-0.15, -0.1) is 0 Å². The van der Waals surface area contributed by atoms with Crippen molar-refractivity contribution in [3.05, 3.63) is 70.2 Å². The Balaban J connectivity index is 1.66. The van der Waals surface area contributed by atoms with Gasteiger partial charge in [-0.3, -0.25) is 9.59 Å². The van der Waals surface area contributed by atoms with Crippen LogP contribution < -0.4 is 9.62 Å². The van der Waals surface area contributed by atoms with E-state index in [0.717, 1.165) is 21.4 Å². The highest BCUT2D eigenvalue weighted by Gasteiger charge is 2.23. The predicted octanol–water partition coefficient (Wildman–Crippen LogP) is 8.31. The predicted molar refractivity (Wildman–Crippen MR) is 158 cm³/mol. The average molecular weight is 574 g/mol. The summed E-state index contributed by atoms with van der Waals surface area (Å²) in [4.78, 5) is 27.0. The molecule has 0 aliphatic heterocycles. The Kier molecular flexibility index (Phi) is 9.50. The van der Waals surface area contributed by atoms with Gasteiger partial charge in [0.15, 0.2) is 0 Å². The van der Waals surface area contributed by atoms with Gasteiger partial charge < -0.3 is 14.4 Å². The van der Waals surface area contributed by atoms with Crippen LogP contribution in [-0.4, -0.2) is 30.6 Å². The number of hydrogen-bond donors (Lipinski definition) is 1. The molecule has 0 unspecified atom stereocenters. The summed E-state index contributed by atoms with van der Waals surface area (Å²) in [5, 5.41) is 5.86. The van der Waals surface area contributed by atoms with Crippen molar-refractivity contribution in [2.75, 3.05) is 17.4 Å². The van der Waals surface area contributed by atoms with E-state index in [1.165, 1.54) is 44.1 Å². The molecule has 0 aromatic heterocycles. The van der Waals surface area contributed by atoms with Crippen LogP contribution in [0.25, 0.3) is 10.8 Å².